The summed E-state index contributed by atoms with van der Waals surface area (Å²) in [6, 6.07) is 0. The maximum atomic E-state index is 11.7. The highest BCUT2D eigenvalue weighted by molar-refractivity contribution is 9.09. The summed E-state index contributed by atoms with van der Waals surface area (Å²) in [6.07, 6.45) is 1.98. The first kappa shape index (κ1) is 9.45. The van der Waals surface area contributed by atoms with Crippen LogP contribution in [0.3, 0.4) is 0 Å². The van der Waals surface area contributed by atoms with Crippen LogP contribution < -0.4 is 5.11 Å². The number of carbonyl (C=O) groups excluding carboxylic acids is 2. The molecule has 0 unspecified atom stereocenters. The molecule has 5 heteroatoms. The van der Waals surface area contributed by atoms with Gasteiger partial charge in [-0.3, -0.25) is 4.79 Å². The first-order valence-electron chi connectivity index (χ1n) is 5.63. The molecule has 0 amide bonds. The molecule has 4 aliphatic rings. The maximum absolute atomic E-state index is 11.7. The van der Waals surface area contributed by atoms with Gasteiger partial charge in [0.2, 0.25) is 0 Å². The molecule has 1 spiro atoms. The standard InChI is InChI=1S/C11H11BrO4/c12-7-5-3(9(13)14)4-6(11(5)1-2-11)8(7)16-10(4)15/h3-8H,1-2H2,(H,13,14)/p-1/t3-,4+,5+,6-,7-,8+/m0/s1. The summed E-state index contributed by atoms with van der Waals surface area (Å²) in [5.74, 6) is -2.31. The molecule has 4 fully saturated rings. The minimum Gasteiger partial charge on any atom is -0.550 e. The van der Waals surface area contributed by atoms with E-state index in [2.05, 4.69) is 15.9 Å². The van der Waals surface area contributed by atoms with Crippen LogP contribution in [0.15, 0.2) is 0 Å². The van der Waals surface area contributed by atoms with Crippen molar-refractivity contribution in [2.45, 2.75) is 23.8 Å². The van der Waals surface area contributed by atoms with Crippen LogP contribution in [-0.2, 0) is 14.3 Å². The van der Waals surface area contributed by atoms with Gasteiger partial charge in [-0.2, -0.15) is 0 Å². The van der Waals surface area contributed by atoms with Gasteiger partial charge in [0.05, 0.1) is 10.7 Å². The summed E-state index contributed by atoms with van der Waals surface area (Å²) in [6.45, 7) is 0. The fourth-order valence-corrected chi connectivity index (χ4v) is 5.87. The molecule has 3 aliphatic carbocycles. The van der Waals surface area contributed by atoms with Crippen LogP contribution in [0.2, 0.25) is 0 Å². The molecule has 2 bridgehead atoms. The quantitative estimate of drug-likeness (QED) is 0.490. The molecule has 86 valence electrons. The van der Waals surface area contributed by atoms with E-state index in [1.807, 2.05) is 0 Å². The smallest absolute Gasteiger partial charge is 0.310 e. The van der Waals surface area contributed by atoms with Gasteiger partial charge in [-0.1, -0.05) is 15.9 Å². The van der Waals surface area contributed by atoms with E-state index >= 15 is 0 Å². The molecule has 0 radical (unpaired) electrons. The lowest BCUT2D eigenvalue weighted by molar-refractivity contribution is -0.314. The Bertz CT molecular complexity index is 416. The molecular formula is C11H10BrO4-. The lowest BCUT2D eigenvalue weighted by atomic mass is 9.80. The van der Waals surface area contributed by atoms with Crippen LogP contribution in [0.5, 0.6) is 0 Å². The molecule has 0 N–H and O–H groups in total. The lowest BCUT2D eigenvalue weighted by Crippen LogP contribution is -2.44. The summed E-state index contributed by atoms with van der Waals surface area (Å²) >= 11 is 3.53. The zero-order chi connectivity index (χ0) is 11.2. The number of carboxylic acid groups (broad SMARTS) is 1. The summed E-state index contributed by atoms with van der Waals surface area (Å²) in [5, 5.41) is 11.2. The third-order valence-corrected chi connectivity index (χ3v) is 6.21. The van der Waals surface area contributed by atoms with E-state index < -0.39 is 17.8 Å². The Balaban J connectivity index is 1.89. The number of hydrogen-bond donors (Lipinski definition) is 0. The van der Waals surface area contributed by atoms with Gasteiger partial charge >= 0.3 is 5.97 Å². The van der Waals surface area contributed by atoms with Crippen LogP contribution in [0.4, 0.5) is 0 Å². The van der Waals surface area contributed by atoms with Crippen molar-refractivity contribution >= 4 is 27.9 Å². The molecule has 4 rings (SSSR count). The van der Waals surface area contributed by atoms with E-state index in [-0.39, 0.29) is 34.2 Å². The normalized spacial score (nSPS) is 54.4. The number of alkyl halides is 1. The summed E-state index contributed by atoms with van der Waals surface area (Å²) in [5.41, 5.74) is 0.0698. The Morgan fingerprint density at radius 2 is 2.12 bits per heavy atom. The number of hydrogen-bond acceptors (Lipinski definition) is 4. The zero-order valence-electron chi connectivity index (χ0n) is 8.39. The van der Waals surface area contributed by atoms with E-state index in [1.54, 1.807) is 0 Å². The van der Waals surface area contributed by atoms with Crippen molar-refractivity contribution in [3.05, 3.63) is 0 Å². The third-order valence-electron chi connectivity index (χ3n) is 5.12. The SMILES string of the molecule is O=C1O[C@H]2[C@@H](Br)[C@H]3[C@@H](C(=O)[O-])[C@@H]1[C@@H]2C31CC1. The maximum Gasteiger partial charge on any atom is 0.310 e. The molecule has 0 aromatic carbocycles. The predicted octanol–water partition coefficient (Wildman–Crippen LogP) is -0.303. The zero-order valence-corrected chi connectivity index (χ0v) is 9.98. The second kappa shape index (κ2) is 2.47. The summed E-state index contributed by atoms with van der Waals surface area (Å²) in [4.78, 5) is 23.0. The van der Waals surface area contributed by atoms with Gasteiger partial charge in [-0.05, 0) is 24.2 Å². The highest BCUT2D eigenvalue weighted by Gasteiger charge is 2.80. The Morgan fingerprint density at radius 3 is 2.69 bits per heavy atom. The molecule has 4 nitrogen and oxygen atoms in total. The van der Waals surface area contributed by atoms with Gasteiger partial charge in [-0.25, -0.2) is 0 Å². The van der Waals surface area contributed by atoms with Gasteiger partial charge in [0.15, 0.2) is 0 Å². The number of rotatable bonds is 1. The van der Waals surface area contributed by atoms with Gasteiger partial charge in [0.25, 0.3) is 0 Å². The van der Waals surface area contributed by atoms with Crippen LogP contribution >= 0.6 is 15.9 Å². The Kier molecular flexibility index (Phi) is 1.46. The summed E-state index contributed by atoms with van der Waals surface area (Å²) < 4.78 is 5.33. The number of halogens is 1. The second-order valence-electron chi connectivity index (χ2n) is 5.50. The van der Waals surface area contributed by atoms with E-state index in [9.17, 15) is 14.7 Å². The van der Waals surface area contributed by atoms with Crippen molar-refractivity contribution in [2.75, 3.05) is 0 Å². The molecule has 3 saturated carbocycles. The number of carboxylic acids is 1. The molecule has 1 aliphatic heterocycles. The van der Waals surface area contributed by atoms with Gasteiger partial charge in [-0.15, -0.1) is 0 Å². The number of carbonyl (C=O) groups is 2. The van der Waals surface area contributed by atoms with E-state index in [0.717, 1.165) is 12.8 Å². The second-order valence-corrected chi connectivity index (χ2v) is 6.56. The van der Waals surface area contributed by atoms with E-state index in [1.165, 1.54) is 0 Å². The van der Waals surface area contributed by atoms with Gasteiger partial charge in [0.1, 0.15) is 6.10 Å². The van der Waals surface area contributed by atoms with E-state index in [4.69, 9.17) is 4.74 Å². The Labute approximate surface area is 100 Å². The predicted molar refractivity (Wildman–Crippen MR) is 53.2 cm³/mol. The highest BCUT2D eigenvalue weighted by atomic mass is 79.9. The molecule has 6 atom stereocenters. The number of aliphatic carboxylic acids is 1. The van der Waals surface area contributed by atoms with Crippen molar-refractivity contribution in [2.24, 2.45) is 29.1 Å². The average Bonchev–Trinajstić information content (AvgIpc) is 2.80. The van der Waals surface area contributed by atoms with Crippen LogP contribution in [0.1, 0.15) is 12.8 Å². The van der Waals surface area contributed by atoms with Crippen molar-refractivity contribution in [3.63, 3.8) is 0 Å². The van der Waals surface area contributed by atoms with Gasteiger partial charge in [0, 0.05) is 17.8 Å². The lowest BCUT2D eigenvalue weighted by Gasteiger charge is -2.29. The average molecular weight is 286 g/mol. The van der Waals surface area contributed by atoms with Crippen molar-refractivity contribution in [3.8, 4) is 0 Å². The van der Waals surface area contributed by atoms with E-state index in [0.29, 0.717) is 0 Å². The van der Waals surface area contributed by atoms with Crippen LogP contribution in [0.25, 0.3) is 0 Å². The minimum atomic E-state index is -1.08. The monoisotopic (exact) mass is 285 g/mol. The minimum absolute atomic E-state index is 0.00519. The third kappa shape index (κ3) is 0.753. The molecule has 1 saturated heterocycles. The first-order valence-corrected chi connectivity index (χ1v) is 6.55. The summed E-state index contributed by atoms with van der Waals surface area (Å²) in [7, 11) is 0. The fraction of sp³-hybridized carbons (Fsp3) is 0.818. The molecule has 16 heavy (non-hydrogen) atoms. The molecule has 0 aromatic heterocycles. The topological polar surface area (TPSA) is 66.4 Å². The highest BCUT2D eigenvalue weighted by Crippen LogP contribution is 2.77. The fourth-order valence-electron chi connectivity index (χ4n) is 4.58. The number of ether oxygens (including phenoxy) is 1. The Hall–Kier alpha value is -0.580. The van der Waals surface area contributed by atoms with Gasteiger partial charge < -0.3 is 14.6 Å². The van der Waals surface area contributed by atoms with Crippen molar-refractivity contribution in [1.29, 1.82) is 0 Å². The van der Waals surface area contributed by atoms with Crippen LogP contribution in [-0.4, -0.2) is 22.9 Å². The first-order chi connectivity index (χ1) is 7.58. The Morgan fingerprint density at radius 1 is 1.44 bits per heavy atom. The van der Waals surface area contributed by atoms with Crippen molar-refractivity contribution < 1.29 is 19.4 Å². The molecular weight excluding hydrogens is 276 g/mol. The molecule has 1 heterocycles. The largest absolute Gasteiger partial charge is 0.550 e. The van der Waals surface area contributed by atoms with Crippen molar-refractivity contribution in [1.82, 2.24) is 0 Å². The molecule has 0 aromatic rings. The number of esters is 1. The van der Waals surface area contributed by atoms with Crippen LogP contribution in [0, 0.1) is 29.1 Å².